The summed E-state index contributed by atoms with van der Waals surface area (Å²) in [6.07, 6.45) is -0.853. The van der Waals surface area contributed by atoms with Crippen molar-refractivity contribution in [3.63, 3.8) is 0 Å². The Labute approximate surface area is 65.1 Å². The van der Waals surface area contributed by atoms with Crippen LogP contribution >= 0.6 is 0 Å². The minimum absolute atomic E-state index is 0.0552. The predicted molar refractivity (Wildman–Crippen MR) is 36.0 cm³/mol. The highest BCUT2D eigenvalue weighted by atomic mass is 16.8. The molecule has 0 aromatic rings. The summed E-state index contributed by atoms with van der Waals surface area (Å²) < 4.78 is 15.5. The third-order valence-electron chi connectivity index (χ3n) is 2.15. The Bertz CT molecular complexity index is 159. The Kier molecular flexibility index (Phi) is 1.64. The van der Waals surface area contributed by atoms with Gasteiger partial charge in [-0.25, -0.2) is 0 Å². The molecule has 2 rings (SSSR count). The van der Waals surface area contributed by atoms with Crippen LogP contribution in [-0.2, 0) is 14.2 Å². The average Bonchev–Trinajstić information content (AvgIpc) is 2.65. The van der Waals surface area contributed by atoms with Gasteiger partial charge in [0.05, 0.1) is 6.10 Å². The molecule has 5 atom stereocenters. The van der Waals surface area contributed by atoms with Crippen LogP contribution in [-0.4, -0.2) is 42.9 Å². The molecule has 2 saturated heterocycles. The third kappa shape index (κ3) is 1.06. The molecular formula is C7H12O4. The summed E-state index contributed by atoms with van der Waals surface area (Å²) in [6, 6.07) is 0. The van der Waals surface area contributed by atoms with Gasteiger partial charge in [0.2, 0.25) is 0 Å². The molecule has 0 amide bonds. The Morgan fingerprint density at radius 1 is 1.36 bits per heavy atom. The van der Waals surface area contributed by atoms with Crippen LogP contribution in [0.25, 0.3) is 0 Å². The number of ether oxygens (including phenoxy) is 3. The molecule has 0 spiro atoms. The van der Waals surface area contributed by atoms with Crippen molar-refractivity contribution < 1.29 is 19.3 Å². The van der Waals surface area contributed by atoms with Crippen molar-refractivity contribution in [2.75, 3.05) is 7.11 Å². The van der Waals surface area contributed by atoms with E-state index >= 15 is 0 Å². The Morgan fingerprint density at radius 2 is 2.09 bits per heavy atom. The number of hydrogen-bond donors (Lipinski definition) is 1. The van der Waals surface area contributed by atoms with Crippen LogP contribution in [0.4, 0.5) is 0 Å². The molecule has 2 heterocycles. The zero-order valence-electron chi connectivity index (χ0n) is 6.56. The van der Waals surface area contributed by atoms with Gasteiger partial charge in [0.1, 0.15) is 18.3 Å². The first kappa shape index (κ1) is 7.49. The monoisotopic (exact) mass is 160 g/mol. The zero-order chi connectivity index (χ0) is 8.01. The fraction of sp³-hybridized carbons (Fsp3) is 1.00. The van der Waals surface area contributed by atoms with E-state index in [-0.39, 0.29) is 24.6 Å². The van der Waals surface area contributed by atoms with Crippen molar-refractivity contribution in [3.05, 3.63) is 0 Å². The van der Waals surface area contributed by atoms with Crippen LogP contribution in [0.15, 0.2) is 0 Å². The second kappa shape index (κ2) is 2.42. The van der Waals surface area contributed by atoms with Gasteiger partial charge in [0.15, 0.2) is 6.29 Å². The molecule has 2 aliphatic rings. The number of rotatable bonds is 2. The van der Waals surface area contributed by atoms with Crippen molar-refractivity contribution in [2.45, 2.75) is 37.6 Å². The van der Waals surface area contributed by atoms with Gasteiger partial charge in [-0.15, -0.1) is 0 Å². The largest absolute Gasteiger partial charge is 0.391 e. The zero-order valence-corrected chi connectivity index (χ0v) is 6.56. The molecule has 0 saturated carbocycles. The van der Waals surface area contributed by atoms with Crippen molar-refractivity contribution in [3.8, 4) is 0 Å². The van der Waals surface area contributed by atoms with Crippen LogP contribution in [0.3, 0.4) is 0 Å². The molecule has 0 aromatic heterocycles. The highest BCUT2D eigenvalue weighted by molar-refractivity contribution is 5.01. The molecular weight excluding hydrogens is 148 g/mol. The van der Waals surface area contributed by atoms with E-state index in [0.717, 1.165) is 0 Å². The van der Waals surface area contributed by atoms with E-state index in [1.165, 1.54) is 0 Å². The van der Waals surface area contributed by atoms with Crippen molar-refractivity contribution in [1.82, 2.24) is 0 Å². The number of fused-ring (bicyclic) bond motifs is 1. The molecule has 11 heavy (non-hydrogen) atoms. The average molecular weight is 160 g/mol. The fourth-order valence-corrected chi connectivity index (χ4v) is 1.51. The van der Waals surface area contributed by atoms with Crippen LogP contribution in [0.2, 0.25) is 0 Å². The quantitative estimate of drug-likeness (QED) is 0.553. The van der Waals surface area contributed by atoms with Crippen LogP contribution < -0.4 is 0 Å². The Morgan fingerprint density at radius 3 is 2.45 bits per heavy atom. The van der Waals surface area contributed by atoms with E-state index in [1.807, 2.05) is 0 Å². The fourth-order valence-electron chi connectivity index (χ4n) is 1.51. The van der Waals surface area contributed by atoms with E-state index in [1.54, 1.807) is 14.0 Å². The van der Waals surface area contributed by atoms with Gasteiger partial charge < -0.3 is 19.3 Å². The summed E-state index contributed by atoms with van der Waals surface area (Å²) in [5.41, 5.74) is 0. The second-order valence-corrected chi connectivity index (χ2v) is 3.01. The van der Waals surface area contributed by atoms with Gasteiger partial charge in [-0.1, -0.05) is 0 Å². The molecule has 0 aliphatic carbocycles. The maximum absolute atomic E-state index is 9.20. The van der Waals surface area contributed by atoms with E-state index in [0.29, 0.717) is 0 Å². The number of methoxy groups -OCH3 is 1. The summed E-state index contributed by atoms with van der Waals surface area (Å²) in [4.78, 5) is 0. The topological polar surface area (TPSA) is 51.2 Å². The minimum atomic E-state index is -0.481. The van der Waals surface area contributed by atoms with E-state index in [2.05, 4.69) is 0 Å². The smallest absolute Gasteiger partial charge is 0.186 e. The summed E-state index contributed by atoms with van der Waals surface area (Å²) >= 11 is 0. The summed E-state index contributed by atoms with van der Waals surface area (Å²) in [5.74, 6) is 0. The predicted octanol–water partition coefficient (Wildman–Crippen LogP) is -0.494. The normalized spacial score (nSPS) is 50.5. The second-order valence-electron chi connectivity index (χ2n) is 3.01. The lowest BCUT2D eigenvalue weighted by Gasteiger charge is -2.17. The lowest BCUT2D eigenvalue weighted by molar-refractivity contribution is -0.178. The first-order valence-electron chi connectivity index (χ1n) is 3.76. The number of hydrogen-bond acceptors (Lipinski definition) is 4. The molecule has 2 fully saturated rings. The first-order valence-corrected chi connectivity index (χ1v) is 3.76. The SMILES string of the molecule is CO[C@@H]1O[C@H]([C@H](C)O)[C@@H]2O[C@H]12. The van der Waals surface area contributed by atoms with Crippen molar-refractivity contribution in [1.29, 1.82) is 0 Å². The van der Waals surface area contributed by atoms with E-state index < -0.39 is 6.10 Å². The number of aliphatic hydroxyl groups excluding tert-OH is 1. The Balaban J connectivity index is 1.98. The lowest BCUT2D eigenvalue weighted by atomic mass is 10.1. The number of epoxide rings is 1. The van der Waals surface area contributed by atoms with Gasteiger partial charge in [-0.05, 0) is 6.92 Å². The summed E-state index contributed by atoms with van der Waals surface area (Å²) in [5, 5.41) is 9.20. The third-order valence-corrected chi connectivity index (χ3v) is 2.15. The molecule has 0 aromatic carbocycles. The molecule has 0 bridgehead atoms. The highest BCUT2D eigenvalue weighted by Gasteiger charge is 2.59. The molecule has 64 valence electrons. The van der Waals surface area contributed by atoms with Gasteiger partial charge in [-0.3, -0.25) is 0 Å². The van der Waals surface area contributed by atoms with Crippen LogP contribution in [0.5, 0.6) is 0 Å². The van der Waals surface area contributed by atoms with Gasteiger partial charge >= 0.3 is 0 Å². The molecule has 4 heteroatoms. The van der Waals surface area contributed by atoms with Crippen molar-refractivity contribution >= 4 is 0 Å². The van der Waals surface area contributed by atoms with Crippen molar-refractivity contribution in [2.24, 2.45) is 0 Å². The van der Waals surface area contributed by atoms with E-state index in [9.17, 15) is 5.11 Å². The molecule has 1 N–H and O–H groups in total. The summed E-state index contributed by atoms with van der Waals surface area (Å²) in [6.45, 7) is 1.70. The standard InChI is InChI=1S/C7H12O4/c1-3(8)4-5-6(10-5)7(9-2)11-4/h3-8H,1-2H3/t3-,4+,5-,6-,7+/m0/s1. The molecule has 4 nitrogen and oxygen atoms in total. The Hall–Kier alpha value is -0.160. The van der Waals surface area contributed by atoms with Crippen LogP contribution in [0, 0.1) is 0 Å². The van der Waals surface area contributed by atoms with E-state index in [4.69, 9.17) is 14.2 Å². The van der Waals surface area contributed by atoms with Crippen LogP contribution in [0.1, 0.15) is 6.92 Å². The van der Waals surface area contributed by atoms with Gasteiger partial charge in [-0.2, -0.15) is 0 Å². The molecule has 2 aliphatic heterocycles. The lowest BCUT2D eigenvalue weighted by Crippen LogP contribution is -2.30. The molecule has 0 radical (unpaired) electrons. The maximum atomic E-state index is 9.20. The van der Waals surface area contributed by atoms with Gasteiger partial charge in [0, 0.05) is 7.11 Å². The van der Waals surface area contributed by atoms with Gasteiger partial charge in [0.25, 0.3) is 0 Å². The molecule has 0 unspecified atom stereocenters. The summed E-state index contributed by atoms with van der Waals surface area (Å²) in [7, 11) is 1.58. The minimum Gasteiger partial charge on any atom is -0.391 e. The highest BCUT2D eigenvalue weighted by Crippen LogP contribution is 2.40. The first-order chi connectivity index (χ1) is 5.24. The maximum Gasteiger partial charge on any atom is 0.186 e. The number of aliphatic hydroxyl groups is 1.